The van der Waals surface area contributed by atoms with Gasteiger partial charge in [0, 0.05) is 11.3 Å². The predicted molar refractivity (Wildman–Crippen MR) is 99.2 cm³/mol. The van der Waals surface area contributed by atoms with Gasteiger partial charge in [0.15, 0.2) is 5.13 Å². The summed E-state index contributed by atoms with van der Waals surface area (Å²) in [4.78, 5) is 28.6. The van der Waals surface area contributed by atoms with Crippen LogP contribution in [0, 0.1) is 20.8 Å². The molecule has 0 radical (unpaired) electrons. The zero-order chi connectivity index (χ0) is 18.8. The second-order valence-corrected chi connectivity index (χ2v) is 6.76. The van der Waals surface area contributed by atoms with E-state index in [1.807, 2.05) is 36.7 Å². The average Bonchev–Trinajstić information content (AvgIpc) is 3.15. The van der Waals surface area contributed by atoms with Gasteiger partial charge in [-0.3, -0.25) is 10.1 Å². The minimum absolute atomic E-state index is 0.296. The monoisotopic (exact) mass is 370 g/mol. The molecule has 0 saturated heterocycles. The molecule has 0 aliphatic heterocycles. The van der Waals surface area contributed by atoms with E-state index in [2.05, 4.69) is 15.4 Å². The molecule has 3 rings (SSSR count). The summed E-state index contributed by atoms with van der Waals surface area (Å²) in [5.74, 6) is -0.759. The Morgan fingerprint density at radius 1 is 1.15 bits per heavy atom. The zero-order valence-corrected chi connectivity index (χ0v) is 15.7. The SMILES string of the molecule is COC(=O)c1sc(NC(=O)c2ccc(-n3nc(C)cc3C)cc2)nc1C. The largest absolute Gasteiger partial charge is 0.465 e. The molecule has 7 nitrogen and oxygen atoms in total. The van der Waals surface area contributed by atoms with Gasteiger partial charge in [-0.15, -0.1) is 0 Å². The van der Waals surface area contributed by atoms with Crippen LogP contribution < -0.4 is 5.32 Å². The first kappa shape index (κ1) is 17.8. The van der Waals surface area contributed by atoms with Crippen LogP contribution in [0.3, 0.4) is 0 Å². The normalized spacial score (nSPS) is 10.6. The Morgan fingerprint density at radius 3 is 2.42 bits per heavy atom. The number of nitrogens with zero attached hydrogens (tertiary/aromatic N) is 3. The van der Waals surface area contributed by atoms with Crippen LogP contribution in [0.15, 0.2) is 30.3 Å². The molecule has 3 aromatic rings. The molecule has 0 unspecified atom stereocenters. The molecule has 1 amide bonds. The fourth-order valence-corrected chi connectivity index (χ4v) is 3.43. The Kier molecular flexibility index (Phi) is 4.85. The molecule has 1 N–H and O–H groups in total. The van der Waals surface area contributed by atoms with E-state index in [4.69, 9.17) is 4.74 Å². The van der Waals surface area contributed by atoms with E-state index in [1.54, 1.807) is 19.1 Å². The van der Waals surface area contributed by atoms with E-state index in [1.165, 1.54) is 7.11 Å². The zero-order valence-electron chi connectivity index (χ0n) is 14.9. The molecule has 134 valence electrons. The molecular weight excluding hydrogens is 352 g/mol. The molecule has 0 atom stereocenters. The highest BCUT2D eigenvalue weighted by Gasteiger charge is 2.17. The number of carbonyl (C=O) groups is 2. The number of nitrogens with one attached hydrogen (secondary N) is 1. The van der Waals surface area contributed by atoms with Gasteiger partial charge >= 0.3 is 5.97 Å². The Labute approximate surface area is 154 Å². The maximum absolute atomic E-state index is 12.4. The van der Waals surface area contributed by atoms with Gasteiger partial charge in [-0.25, -0.2) is 14.5 Å². The van der Waals surface area contributed by atoms with Crippen molar-refractivity contribution in [3.63, 3.8) is 0 Å². The van der Waals surface area contributed by atoms with E-state index < -0.39 is 5.97 Å². The molecule has 0 aliphatic rings. The highest BCUT2D eigenvalue weighted by atomic mass is 32.1. The molecule has 26 heavy (non-hydrogen) atoms. The van der Waals surface area contributed by atoms with Crippen LogP contribution in [0.5, 0.6) is 0 Å². The minimum atomic E-state index is -0.463. The molecule has 0 saturated carbocycles. The first-order valence-corrected chi connectivity index (χ1v) is 8.71. The van der Waals surface area contributed by atoms with Crippen molar-refractivity contribution in [1.82, 2.24) is 14.8 Å². The molecule has 0 fully saturated rings. The number of hydrogen-bond donors (Lipinski definition) is 1. The lowest BCUT2D eigenvalue weighted by molar-refractivity contribution is 0.0605. The molecule has 0 aliphatic carbocycles. The summed E-state index contributed by atoms with van der Waals surface area (Å²) in [5.41, 5.74) is 3.85. The highest BCUT2D eigenvalue weighted by molar-refractivity contribution is 7.17. The first-order chi connectivity index (χ1) is 12.4. The van der Waals surface area contributed by atoms with Gasteiger partial charge in [-0.1, -0.05) is 11.3 Å². The van der Waals surface area contributed by atoms with Gasteiger partial charge in [-0.2, -0.15) is 5.10 Å². The van der Waals surface area contributed by atoms with Crippen molar-refractivity contribution in [2.24, 2.45) is 0 Å². The number of rotatable bonds is 4. The van der Waals surface area contributed by atoms with Crippen LogP contribution in [0.4, 0.5) is 5.13 Å². The van der Waals surface area contributed by atoms with Crippen molar-refractivity contribution in [1.29, 1.82) is 0 Å². The number of carbonyl (C=O) groups excluding carboxylic acids is 2. The molecule has 8 heteroatoms. The lowest BCUT2D eigenvalue weighted by atomic mass is 10.2. The minimum Gasteiger partial charge on any atom is -0.465 e. The lowest BCUT2D eigenvalue weighted by Gasteiger charge is -2.06. The van der Waals surface area contributed by atoms with Crippen LogP contribution in [-0.4, -0.2) is 33.8 Å². The number of hydrogen-bond acceptors (Lipinski definition) is 6. The highest BCUT2D eigenvalue weighted by Crippen LogP contribution is 2.24. The number of ether oxygens (including phenoxy) is 1. The lowest BCUT2D eigenvalue weighted by Crippen LogP contribution is -2.12. The smallest absolute Gasteiger partial charge is 0.350 e. The summed E-state index contributed by atoms with van der Waals surface area (Å²) in [6.07, 6.45) is 0. The van der Waals surface area contributed by atoms with Crippen molar-refractivity contribution in [2.45, 2.75) is 20.8 Å². The van der Waals surface area contributed by atoms with Gasteiger partial charge in [0.25, 0.3) is 5.91 Å². The fourth-order valence-electron chi connectivity index (χ4n) is 2.55. The summed E-state index contributed by atoms with van der Waals surface area (Å²) < 4.78 is 6.52. The third-order valence-corrected chi connectivity index (χ3v) is 4.82. The van der Waals surface area contributed by atoms with Crippen LogP contribution in [0.1, 0.15) is 37.1 Å². The van der Waals surface area contributed by atoms with Crippen molar-refractivity contribution < 1.29 is 14.3 Å². The van der Waals surface area contributed by atoms with E-state index in [0.717, 1.165) is 28.4 Å². The van der Waals surface area contributed by atoms with Crippen molar-refractivity contribution in [3.05, 3.63) is 57.9 Å². The Bertz CT molecular complexity index is 973. The van der Waals surface area contributed by atoms with Crippen LogP contribution in [-0.2, 0) is 4.74 Å². The number of methoxy groups -OCH3 is 1. The molecule has 2 aromatic heterocycles. The molecule has 1 aromatic carbocycles. The molecule has 0 spiro atoms. The Hall–Kier alpha value is -3.00. The molecule has 0 bridgehead atoms. The van der Waals surface area contributed by atoms with E-state index >= 15 is 0 Å². The number of thiazole rings is 1. The van der Waals surface area contributed by atoms with Crippen LogP contribution >= 0.6 is 11.3 Å². The maximum atomic E-state index is 12.4. The van der Waals surface area contributed by atoms with E-state index in [9.17, 15) is 9.59 Å². The maximum Gasteiger partial charge on any atom is 0.350 e. The second kappa shape index (κ2) is 7.09. The number of aromatic nitrogens is 3. The molecule has 2 heterocycles. The summed E-state index contributed by atoms with van der Waals surface area (Å²) in [5, 5.41) is 7.49. The van der Waals surface area contributed by atoms with E-state index in [-0.39, 0.29) is 5.91 Å². The van der Waals surface area contributed by atoms with Gasteiger partial charge in [-0.05, 0) is 51.1 Å². The Balaban J connectivity index is 1.76. The topological polar surface area (TPSA) is 86.1 Å². The van der Waals surface area contributed by atoms with Gasteiger partial charge in [0.2, 0.25) is 0 Å². The standard InChI is InChI=1S/C18H18N4O3S/c1-10-9-11(2)22(21-10)14-7-5-13(6-8-14)16(23)20-18-19-12(3)15(26-18)17(24)25-4/h5-9H,1-4H3,(H,19,20,23). The van der Waals surface area contributed by atoms with Crippen molar-refractivity contribution in [3.8, 4) is 5.69 Å². The summed E-state index contributed by atoms with van der Waals surface area (Å²) in [7, 11) is 1.31. The third-order valence-electron chi connectivity index (χ3n) is 3.77. The quantitative estimate of drug-likeness (QED) is 0.712. The van der Waals surface area contributed by atoms with Crippen molar-refractivity contribution in [2.75, 3.05) is 12.4 Å². The van der Waals surface area contributed by atoms with Gasteiger partial charge in [0.05, 0.1) is 24.2 Å². The summed E-state index contributed by atoms with van der Waals surface area (Å²) >= 11 is 1.09. The number of amides is 1. The third kappa shape index (κ3) is 3.50. The van der Waals surface area contributed by atoms with Crippen molar-refractivity contribution >= 4 is 28.3 Å². The number of aryl methyl sites for hydroxylation is 3. The Morgan fingerprint density at radius 2 is 1.85 bits per heavy atom. The summed E-state index contributed by atoms with van der Waals surface area (Å²) in [6.45, 7) is 5.61. The summed E-state index contributed by atoms with van der Waals surface area (Å²) in [6, 6.07) is 9.11. The van der Waals surface area contributed by atoms with Crippen LogP contribution in [0.2, 0.25) is 0 Å². The second-order valence-electron chi connectivity index (χ2n) is 5.77. The average molecular weight is 370 g/mol. The molecular formula is C18H18N4O3S. The first-order valence-electron chi connectivity index (χ1n) is 7.90. The van der Waals surface area contributed by atoms with Crippen LogP contribution in [0.25, 0.3) is 5.69 Å². The predicted octanol–water partition coefficient (Wildman–Crippen LogP) is 3.29. The van der Waals surface area contributed by atoms with Gasteiger partial charge in [0.1, 0.15) is 4.88 Å². The number of esters is 1. The van der Waals surface area contributed by atoms with E-state index in [0.29, 0.717) is 21.3 Å². The number of anilines is 1. The number of benzene rings is 1. The van der Waals surface area contributed by atoms with Gasteiger partial charge < -0.3 is 4.74 Å². The fraction of sp³-hybridized carbons (Fsp3) is 0.222.